The number of hydrogen-bond donors (Lipinski definition) is 3. The summed E-state index contributed by atoms with van der Waals surface area (Å²) < 4.78 is 79.3. The summed E-state index contributed by atoms with van der Waals surface area (Å²) in [6, 6.07) is 15.1. The first kappa shape index (κ1) is 31.7. The van der Waals surface area contributed by atoms with Crippen LogP contribution in [0.1, 0.15) is 54.2 Å². The van der Waals surface area contributed by atoms with E-state index in [4.69, 9.17) is 0 Å². The Balaban J connectivity index is 1.84. The Hall–Kier alpha value is -3.84. The van der Waals surface area contributed by atoms with Crippen molar-refractivity contribution in [2.75, 3.05) is 11.0 Å². The predicted octanol–water partition coefficient (Wildman–Crippen LogP) is 4.29. The molecule has 3 aromatic rings. The van der Waals surface area contributed by atoms with Gasteiger partial charge in [0.1, 0.15) is 0 Å². The first-order valence-corrected chi connectivity index (χ1v) is 16.0. The number of sulfonamides is 2. The van der Waals surface area contributed by atoms with Crippen LogP contribution >= 0.6 is 0 Å². The second-order valence-corrected chi connectivity index (χ2v) is 13.3. The average Bonchev–Trinajstić information content (AvgIpc) is 2.88. The van der Waals surface area contributed by atoms with Crippen LogP contribution in [0, 0.1) is 17.6 Å². The van der Waals surface area contributed by atoms with Crippen LogP contribution in [0.5, 0.6) is 0 Å². The molecule has 41 heavy (non-hydrogen) atoms. The number of hydrogen-bond acceptors (Lipinski definition) is 6. The summed E-state index contributed by atoms with van der Waals surface area (Å²) in [5.41, 5.74) is 1.47. The van der Waals surface area contributed by atoms with Gasteiger partial charge in [0.2, 0.25) is 15.9 Å². The Morgan fingerprint density at radius 2 is 1.56 bits per heavy atom. The van der Waals surface area contributed by atoms with E-state index in [0.717, 1.165) is 17.9 Å². The van der Waals surface area contributed by atoms with E-state index in [1.165, 1.54) is 18.2 Å². The number of carbonyl (C=O) groups is 2. The third kappa shape index (κ3) is 9.35. The van der Waals surface area contributed by atoms with Crippen molar-refractivity contribution >= 4 is 37.5 Å². The Morgan fingerprint density at radius 1 is 0.878 bits per heavy atom. The summed E-state index contributed by atoms with van der Waals surface area (Å²) in [5.74, 6) is -3.84. The number of rotatable bonds is 12. The molecule has 0 saturated carbocycles. The van der Waals surface area contributed by atoms with Crippen molar-refractivity contribution in [1.82, 2.24) is 10.0 Å². The lowest BCUT2D eigenvalue weighted by Crippen LogP contribution is -2.32. The van der Waals surface area contributed by atoms with Gasteiger partial charge in [0.05, 0.1) is 17.2 Å². The van der Waals surface area contributed by atoms with Gasteiger partial charge >= 0.3 is 0 Å². The second kappa shape index (κ2) is 13.2. The largest absolute Gasteiger partial charge is 0.345 e. The molecule has 3 rings (SSSR count). The van der Waals surface area contributed by atoms with Crippen molar-refractivity contribution in [1.29, 1.82) is 0 Å². The molecule has 0 aromatic heterocycles. The standard InChI is InChI=1S/C28H31F2N3O6S2/c1-18(2)15-26(20-7-5-4-6-8-20)31-28(35)23-16-21(32-40(3,36)37)11-9-19(23)10-14-27(34)33-41(38,39)22-12-13-24(29)25(30)17-22/h4-9,11-13,16-18,26,32H,10,14-15H2,1-3H3,(H,31,35)(H,33,34). The van der Waals surface area contributed by atoms with E-state index >= 15 is 0 Å². The van der Waals surface area contributed by atoms with Gasteiger partial charge in [-0.25, -0.2) is 30.3 Å². The fraction of sp³-hybridized carbons (Fsp3) is 0.286. The SMILES string of the molecule is CC(C)CC(NC(=O)c1cc(NS(C)(=O)=O)ccc1CCC(=O)NS(=O)(=O)c1ccc(F)c(F)c1)c1ccccc1. The van der Waals surface area contributed by atoms with Gasteiger partial charge in [-0.2, -0.15) is 0 Å². The quantitative estimate of drug-likeness (QED) is 0.281. The molecule has 0 radical (unpaired) electrons. The summed E-state index contributed by atoms with van der Waals surface area (Å²) >= 11 is 0. The molecule has 3 aromatic carbocycles. The lowest BCUT2D eigenvalue weighted by molar-refractivity contribution is -0.119. The van der Waals surface area contributed by atoms with Crippen molar-refractivity contribution < 1.29 is 35.2 Å². The fourth-order valence-corrected chi connectivity index (χ4v) is 5.69. The molecular weight excluding hydrogens is 576 g/mol. The van der Waals surface area contributed by atoms with Crippen LogP contribution in [-0.2, 0) is 31.3 Å². The molecule has 0 aliphatic heterocycles. The number of carbonyl (C=O) groups excluding carboxylic acids is 2. The van der Waals surface area contributed by atoms with E-state index in [1.807, 2.05) is 48.9 Å². The zero-order valence-corrected chi connectivity index (χ0v) is 24.3. The van der Waals surface area contributed by atoms with Gasteiger partial charge in [0.15, 0.2) is 11.6 Å². The van der Waals surface area contributed by atoms with Crippen molar-refractivity contribution in [2.45, 2.75) is 44.0 Å². The fourth-order valence-electron chi connectivity index (χ4n) is 4.11. The van der Waals surface area contributed by atoms with Gasteiger partial charge in [0.25, 0.3) is 15.9 Å². The maximum atomic E-state index is 13.5. The van der Waals surface area contributed by atoms with Gasteiger partial charge in [-0.05, 0) is 60.2 Å². The molecule has 0 aliphatic rings. The number of halogens is 2. The molecule has 3 N–H and O–H groups in total. The van der Waals surface area contributed by atoms with E-state index in [9.17, 15) is 35.2 Å². The molecule has 9 nitrogen and oxygen atoms in total. The minimum absolute atomic E-state index is 0.0821. The summed E-state index contributed by atoms with van der Waals surface area (Å²) in [7, 11) is -8.13. The average molecular weight is 608 g/mol. The highest BCUT2D eigenvalue weighted by Gasteiger charge is 2.22. The van der Waals surface area contributed by atoms with E-state index in [-0.39, 0.29) is 36.1 Å². The van der Waals surface area contributed by atoms with Crippen molar-refractivity contribution in [3.05, 3.63) is 95.1 Å². The van der Waals surface area contributed by atoms with Gasteiger partial charge < -0.3 is 5.32 Å². The zero-order chi connectivity index (χ0) is 30.4. The molecule has 1 unspecified atom stereocenters. The van der Waals surface area contributed by atoms with Crippen LogP contribution in [-0.4, -0.2) is 34.9 Å². The Morgan fingerprint density at radius 3 is 2.17 bits per heavy atom. The van der Waals surface area contributed by atoms with Crippen LogP contribution in [0.2, 0.25) is 0 Å². The van der Waals surface area contributed by atoms with Crippen molar-refractivity contribution in [3.63, 3.8) is 0 Å². The monoisotopic (exact) mass is 607 g/mol. The maximum absolute atomic E-state index is 13.5. The lowest BCUT2D eigenvalue weighted by atomic mass is 9.95. The number of amides is 2. The van der Waals surface area contributed by atoms with Crippen LogP contribution in [0.4, 0.5) is 14.5 Å². The molecule has 0 fully saturated rings. The molecule has 0 heterocycles. The molecule has 0 aliphatic carbocycles. The molecule has 2 amide bonds. The smallest absolute Gasteiger partial charge is 0.264 e. The number of anilines is 1. The maximum Gasteiger partial charge on any atom is 0.264 e. The molecule has 0 spiro atoms. The Labute approximate surface area is 238 Å². The third-order valence-electron chi connectivity index (χ3n) is 5.94. The van der Waals surface area contributed by atoms with E-state index in [1.54, 1.807) is 0 Å². The molecule has 0 saturated heterocycles. The van der Waals surface area contributed by atoms with Gasteiger partial charge in [-0.15, -0.1) is 0 Å². The Kier molecular flexibility index (Phi) is 10.2. The number of benzene rings is 3. The highest BCUT2D eigenvalue weighted by atomic mass is 32.2. The minimum atomic E-state index is -4.48. The highest BCUT2D eigenvalue weighted by molar-refractivity contribution is 7.92. The first-order chi connectivity index (χ1) is 19.1. The van der Waals surface area contributed by atoms with Crippen LogP contribution < -0.4 is 14.8 Å². The second-order valence-electron chi connectivity index (χ2n) is 9.92. The number of nitrogens with one attached hydrogen (secondary N) is 3. The summed E-state index contributed by atoms with van der Waals surface area (Å²) in [6.07, 6.45) is 1.13. The van der Waals surface area contributed by atoms with E-state index in [0.29, 0.717) is 24.1 Å². The van der Waals surface area contributed by atoms with Crippen LogP contribution in [0.25, 0.3) is 0 Å². The highest BCUT2D eigenvalue weighted by Crippen LogP contribution is 2.24. The summed E-state index contributed by atoms with van der Waals surface area (Å²) in [5, 5.41) is 2.99. The molecule has 0 bridgehead atoms. The molecule has 220 valence electrons. The van der Waals surface area contributed by atoms with E-state index in [2.05, 4.69) is 10.0 Å². The predicted molar refractivity (Wildman–Crippen MR) is 151 cm³/mol. The van der Waals surface area contributed by atoms with Crippen molar-refractivity contribution in [3.8, 4) is 0 Å². The topological polar surface area (TPSA) is 139 Å². The molecular formula is C28H31F2N3O6S2. The lowest BCUT2D eigenvalue weighted by Gasteiger charge is -2.22. The molecule has 13 heteroatoms. The number of aryl methyl sites for hydroxylation is 1. The van der Waals surface area contributed by atoms with Gasteiger partial charge in [-0.1, -0.05) is 50.2 Å². The molecule has 1 atom stereocenters. The van der Waals surface area contributed by atoms with Gasteiger partial charge in [-0.3, -0.25) is 14.3 Å². The minimum Gasteiger partial charge on any atom is -0.345 e. The summed E-state index contributed by atoms with van der Waals surface area (Å²) in [4.78, 5) is 25.4. The summed E-state index contributed by atoms with van der Waals surface area (Å²) in [6.45, 7) is 4.02. The van der Waals surface area contributed by atoms with E-state index < -0.39 is 48.4 Å². The first-order valence-electron chi connectivity index (χ1n) is 12.6. The Bertz CT molecular complexity index is 1630. The van der Waals surface area contributed by atoms with Crippen molar-refractivity contribution in [2.24, 2.45) is 5.92 Å². The third-order valence-corrected chi connectivity index (χ3v) is 7.92. The van der Waals surface area contributed by atoms with Crippen LogP contribution in [0.15, 0.2) is 71.6 Å². The van der Waals surface area contributed by atoms with Crippen LogP contribution in [0.3, 0.4) is 0 Å². The normalized spacial score (nSPS) is 12.5. The van der Waals surface area contributed by atoms with Gasteiger partial charge in [0, 0.05) is 17.7 Å². The zero-order valence-electron chi connectivity index (χ0n) is 22.6.